The predicted octanol–water partition coefficient (Wildman–Crippen LogP) is 5.67. The van der Waals surface area contributed by atoms with E-state index in [0.29, 0.717) is 11.4 Å². The zero-order valence-corrected chi connectivity index (χ0v) is 27.3. The minimum Gasteiger partial charge on any atom is -0.497 e. The molecule has 0 radical (unpaired) electrons. The van der Waals surface area contributed by atoms with E-state index in [1.807, 2.05) is 82.3 Å². The van der Waals surface area contributed by atoms with Gasteiger partial charge in [-0.15, -0.1) is 0 Å². The highest BCUT2D eigenvalue weighted by Crippen LogP contribution is 2.27. The average Bonchev–Trinajstić information content (AvgIpc) is 3.03. The zero-order chi connectivity index (χ0) is 32.6. The molecule has 0 aromatic heterocycles. The van der Waals surface area contributed by atoms with Gasteiger partial charge in [0.05, 0.1) is 17.7 Å². The van der Waals surface area contributed by atoms with Crippen molar-refractivity contribution in [1.29, 1.82) is 0 Å². The van der Waals surface area contributed by atoms with Crippen LogP contribution in [0.5, 0.6) is 5.75 Å². The Morgan fingerprint density at radius 2 is 1.36 bits per heavy atom. The van der Waals surface area contributed by atoms with Crippen molar-refractivity contribution in [2.24, 2.45) is 0 Å². The fourth-order valence-electron chi connectivity index (χ4n) is 4.94. The molecule has 0 fully saturated rings. The summed E-state index contributed by atoms with van der Waals surface area (Å²) in [6.45, 7) is 7.22. The first kappa shape index (κ1) is 33.3. The van der Waals surface area contributed by atoms with Crippen LogP contribution in [0.25, 0.3) is 0 Å². The summed E-state index contributed by atoms with van der Waals surface area (Å²) < 4.78 is 34.6. The van der Waals surface area contributed by atoms with Crippen LogP contribution in [0.1, 0.15) is 36.1 Å². The van der Waals surface area contributed by atoms with E-state index in [-0.39, 0.29) is 29.8 Å². The summed E-state index contributed by atoms with van der Waals surface area (Å²) >= 11 is 0. The molecular formula is C36H41N3O5S. The molecule has 9 heteroatoms. The number of nitrogens with one attached hydrogen (secondary N) is 1. The second-order valence-corrected chi connectivity index (χ2v) is 13.3. The van der Waals surface area contributed by atoms with Crippen molar-refractivity contribution >= 4 is 27.5 Å². The lowest BCUT2D eigenvalue weighted by molar-refractivity contribution is -0.140. The van der Waals surface area contributed by atoms with Gasteiger partial charge in [0.1, 0.15) is 18.3 Å². The van der Waals surface area contributed by atoms with Gasteiger partial charge in [0.15, 0.2) is 0 Å². The normalized spacial score (nSPS) is 12.0. The fourth-order valence-corrected chi connectivity index (χ4v) is 6.35. The van der Waals surface area contributed by atoms with Gasteiger partial charge in [-0.25, -0.2) is 8.42 Å². The van der Waals surface area contributed by atoms with Crippen molar-refractivity contribution in [2.45, 2.75) is 57.6 Å². The van der Waals surface area contributed by atoms with Gasteiger partial charge >= 0.3 is 0 Å². The summed E-state index contributed by atoms with van der Waals surface area (Å²) in [7, 11) is -2.69. The Bertz CT molecular complexity index is 1670. The molecule has 4 rings (SSSR count). The van der Waals surface area contributed by atoms with Gasteiger partial charge in [0, 0.05) is 19.0 Å². The molecule has 0 spiro atoms. The van der Waals surface area contributed by atoms with Gasteiger partial charge in [-0.3, -0.25) is 13.9 Å². The molecule has 0 aliphatic heterocycles. The number of nitrogens with zero attached hydrogens (tertiary/aromatic N) is 2. The molecule has 8 nitrogen and oxygen atoms in total. The Morgan fingerprint density at radius 1 is 0.778 bits per heavy atom. The third kappa shape index (κ3) is 8.73. The molecule has 4 aromatic carbocycles. The van der Waals surface area contributed by atoms with Crippen LogP contribution in [-0.4, -0.2) is 50.9 Å². The summed E-state index contributed by atoms with van der Waals surface area (Å²) in [6, 6.07) is 29.2. The Morgan fingerprint density at radius 3 is 1.91 bits per heavy atom. The van der Waals surface area contributed by atoms with Crippen LogP contribution in [0, 0.1) is 13.8 Å². The Kier molecular flexibility index (Phi) is 11.0. The van der Waals surface area contributed by atoms with E-state index >= 15 is 0 Å². The van der Waals surface area contributed by atoms with Crippen LogP contribution < -0.4 is 14.4 Å². The molecule has 0 bridgehead atoms. The minimum atomic E-state index is -4.19. The maximum atomic E-state index is 14.5. The summed E-state index contributed by atoms with van der Waals surface area (Å²) in [4.78, 5) is 29.8. The van der Waals surface area contributed by atoms with Gasteiger partial charge < -0.3 is 15.0 Å². The molecule has 236 valence electrons. The number of methoxy groups -OCH3 is 1. The average molecular weight is 628 g/mol. The highest BCUT2D eigenvalue weighted by molar-refractivity contribution is 7.92. The Hall–Kier alpha value is -4.63. The molecule has 45 heavy (non-hydrogen) atoms. The standard InChI is InChI=1S/C36H41N3O5S/c1-26(2)37-36(41)34(23-29-9-7-6-8-10-29)38(24-30-15-11-27(3)12-16-30)35(40)25-39(31-17-13-28(4)14-18-31)45(42,43)33-21-19-32(44-5)20-22-33/h6-22,26,34H,23-25H2,1-5H3,(H,37,41). The van der Waals surface area contributed by atoms with Gasteiger partial charge in [0.25, 0.3) is 10.0 Å². The van der Waals surface area contributed by atoms with Crippen molar-refractivity contribution in [2.75, 3.05) is 18.0 Å². The van der Waals surface area contributed by atoms with Gasteiger partial charge in [-0.05, 0) is 75.2 Å². The van der Waals surface area contributed by atoms with Crippen molar-refractivity contribution in [3.05, 3.63) is 125 Å². The lowest BCUT2D eigenvalue weighted by Crippen LogP contribution is -2.54. The third-order valence-electron chi connectivity index (χ3n) is 7.42. The number of rotatable bonds is 13. The number of ether oxygens (including phenoxy) is 1. The predicted molar refractivity (Wildman–Crippen MR) is 178 cm³/mol. The Balaban J connectivity index is 1.79. The monoisotopic (exact) mass is 627 g/mol. The summed E-state index contributed by atoms with van der Waals surface area (Å²) in [5.41, 5.74) is 4.05. The van der Waals surface area contributed by atoms with Crippen LogP contribution in [0.2, 0.25) is 0 Å². The number of anilines is 1. The highest BCUT2D eigenvalue weighted by Gasteiger charge is 2.34. The van der Waals surface area contributed by atoms with Gasteiger partial charge in [0.2, 0.25) is 11.8 Å². The lowest BCUT2D eigenvalue weighted by atomic mass is 10.0. The number of amides is 2. The van der Waals surface area contributed by atoms with Crippen LogP contribution in [0.4, 0.5) is 5.69 Å². The third-order valence-corrected chi connectivity index (χ3v) is 9.21. The number of carbonyl (C=O) groups is 2. The molecule has 0 aliphatic carbocycles. The van der Waals surface area contributed by atoms with Crippen LogP contribution in [0.3, 0.4) is 0 Å². The number of carbonyl (C=O) groups excluding carboxylic acids is 2. The van der Waals surface area contributed by atoms with Gasteiger partial charge in [-0.1, -0.05) is 77.9 Å². The van der Waals surface area contributed by atoms with Crippen LogP contribution in [0.15, 0.2) is 108 Å². The van der Waals surface area contributed by atoms with Gasteiger partial charge in [-0.2, -0.15) is 0 Å². The molecule has 4 aromatic rings. The second kappa shape index (κ2) is 14.9. The van der Waals surface area contributed by atoms with E-state index < -0.39 is 28.5 Å². The maximum absolute atomic E-state index is 14.5. The quantitative estimate of drug-likeness (QED) is 0.206. The largest absolute Gasteiger partial charge is 0.497 e. The van der Waals surface area contributed by atoms with E-state index in [1.54, 1.807) is 36.4 Å². The van der Waals surface area contributed by atoms with Crippen molar-refractivity contribution < 1.29 is 22.7 Å². The van der Waals surface area contributed by atoms with Crippen molar-refractivity contribution in [3.8, 4) is 5.75 Å². The molecule has 1 N–H and O–H groups in total. The molecule has 1 atom stereocenters. The summed E-state index contributed by atoms with van der Waals surface area (Å²) in [5.74, 6) is -0.307. The van der Waals surface area contributed by atoms with Crippen molar-refractivity contribution in [1.82, 2.24) is 10.2 Å². The maximum Gasteiger partial charge on any atom is 0.264 e. The molecule has 0 aliphatic rings. The zero-order valence-electron chi connectivity index (χ0n) is 26.4. The smallest absolute Gasteiger partial charge is 0.264 e. The van der Waals surface area contributed by atoms with Crippen LogP contribution >= 0.6 is 0 Å². The number of hydrogen-bond donors (Lipinski definition) is 1. The molecule has 0 heterocycles. The molecule has 0 saturated carbocycles. The topological polar surface area (TPSA) is 96.0 Å². The van der Waals surface area contributed by atoms with E-state index in [2.05, 4.69) is 5.32 Å². The summed E-state index contributed by atoms with van der Waals surface area (Å²) in [5, 5.41) is 2.97. The molecule has 2 amide bonds. The van der Waals surface area contributed by atoms with Crippen molar-refractivity contribution in [3.63, 3.8) is 0 Å². The molecule has 0 saturated heterocycles. The number of hydrogen-bond acceptors (Lipinski definition) is 5. The molecule has 1 unspecified atom stereocenters. The lowest BCUT2D eigenvalue weighted by Gasteiger charge is -2.34. The molecular weight excluding hydrogens is 586 g/mol. The van der Waals surface area contributed by atoms with Crippen LogP contribution in [-0.2, 0) is 32.6 Å². The Labute approximate surface area is 266 Å². The first-order valence-corrected chi connectivity index (χ1v) is 16.3. The summed E-state index contributed by atoms with van der Waals surface area (Å²) in [6.07, 6.45) is 0.257. The number of sulfonamides is 1. The SMILES string of the molecule is COc1ccc(S(=O)(=O)N(CC(=O)N(Cc2ccc(C)cc2)C(Cc2ccccc2)C(=O)NC(C)C)c2ccc(C)cc2)cc1. The minimum absolute atomic E-state index is 0.0140. The first-order chi connectivity index (χ1) is 21.5. The number of aryl methyl sites for hydroxylation is 2. The fraction of sp³-hybridized carbons (Fsp3) is 0.278. The first-order valence-electron chi connectivity index (χ1n) is 14.9. The number of benzene rings is 4. The van der Waals surface area contributed by atoms with E-state index in [4.69, 9.17) is 4.74 Å². The van der Waals surface area contributed by atoms with E-state index in [9.17, 15) is 18.0 Å². The highest BCUT2D eigenvalue weighted by atomic mass is 32.2. The van der Waals surface area contributed by atoms with E-state index in [1.165, 1.54) is 24.1 Å². The second-order valence-electron chi connectivity index (χ2n) is 11.4. The van der Waals surface area contributed by atoms with E-state index in [0.717, 1.165) is 26.6 Å².